The van der Waals surface area contributed by atoms with Crippen LogP contribution >= 0.6 is 0 Å². The van der Waals surface area contributed by atoms with E-state index in [4.69, 9.17) is 0 Å². The third kappa shape index (κ3) is 3.01. The van der Waals surface area contributed by atoms with E-state index in [1.165, 1.54) is 12.1 Å². The Morgan fingerprint density at radius 3 is 2.80 bits per heavy atom. The Hall–Kier alpha value is -3.41. The van der Waals surface area contributed by atoms with Crippen LogP contribution in [-0.4, -0.2) is 14.8 Å². The van der Waals surface area contributed by atoms with E-state index in [1.54, 1.807) is 23.1 Å². The van der Waals surface area contributed by atoms with Crippen LogP contribution < -0.4 is 10.4 Å². The van der Waals surface area contributed by atoms with Crippen LogP contribution in [0.2, 0.25) is 0 Å². The van der Waals surface area contributed by atoms with Gasteiger partial charge in [-0.15, -0.1) is 0 Å². The Kier molecular flexibility index (Phi) is 3.78. The van der Waals surface area contributed by atoms with Crippen molar-refractivity contribution in [3.63, 3.8) is 0 Å². The zero-order valence-corrected chi connectivity index (χ0v) is 13.6. The first kappa shape index (κ1) is 15.1. The van der Waals surface area contributed by atoms with Gasteiger partial charge in [0.05, 0.1) is 29.0 Å². The second-order valence-electron chi connectivity index (χ2n) is 5.67. The topological polar surface area (TPSA) is 46.0 Å². The molecule has 2 aromatic heterocycles. The van der Waals surface area contributed by atoms with Gasteiger partial charge in [0.15, 0.2) is 0 Å². The molecular weight excluding hydrogens is 317 g/mol. The highest BCUT2D eigenvalue weighted by molar-refractivity contribution is 5.69. The van der Waals surface area contributed by atoms with Crippen molar-refractivity contribution in [1.29, 1.82) is 0 Å². The van der Waals surface area contributed by atoms with Crippen molar-refractivity contribution < 1.29 is 4.39 Å². The number of rotatable bonds is 3. The summed E-state index contributed by atoms with van der Waals surface area (Å²) in [6.45, 7) is 1.95. The normalized spacial score (nSPS) is 13.5. The van der Waals surface area contributed by atoms with E-state index >= 15 is 0 Å². The molecule has 1 aromatic carbocycles. The number of pyridine rings is 1. The molecule has 0 fully saturated rings. The van der Waals surface area contributed by atoms with Gasteiger partial charge < -0.3 is 0 Å². The van der Waals surface area contributed by atoms with Crippen LogP contribution in [0, 0.1) is 12.7 Å². The van der Waals surface area contributed by atoms with E-state index in [-0.39, 0.29) is 5.82 Å². The predicted octanol–water partition coefficient (Wildman–Crippen LogP) is 3.59. The van der Waals surface area contributed by atoms with Crippen LogP contribution in [0.5, 0.6) is 0 Å². The molecule has 1 aliphatic heterocycles. The Bertz CT molecular complexity index is 973. The van der Waals surface area contributed by atoms with E-state index in [2.05, 4.69) is 15.5 Å². The molecule has 0 saturated heterocycles. The van der Waals surface area contributed by atoms with Crippen molar-refractivity contribution in [3.05, 3.63) is 90.4 Å². The summed E-state index contributed by atoms with van der Waals surface area (Å²) in [5.41, 5.74) is 7.63. The number of nitrogens with one attached hydrogen (secondary N) is 1. The molecule has 0 unspecified atom stereocenters. The summed E-state index contributed by atoms with van der Waals surface area (Å²) in [6.07, 6.45) is 9.31. The molecule has 0 spiro atoms. The summed E-state index contributed by atoms with van der Waals surface area (Å²) in [5, 5.41) is 6.24. The van der Waals surface area contributed by atoms with Gasteiger partial charge in [-0.3, -0.25) is 15.4 Å². The summed E-state index contributed by atoms with van der Waals surface area (Å²) in [6, 6.07) is 12.2. The summed E-state index contributed by atoms with van der Waals surface area (Å²) in [7, 11) is 0. The average molecular weight is 333 g/mol. The number of aromatic nitrogens is 3. The minimum absolute atomic E-state index is 0.293. The lowest BCUT2D eigenvalue weighted by molar-refractivity contribution is 0.625. The zero-order valence-electron chi connectivity index (χ0n) is 13.6. The van der Waals surface area contributed by atoms with Gasteiger partial charge in [-0.05, 0) is 55.5 Å². The van der Waals surface area contributed by atoms with Crippen molar-refractivity contribution in [2.24, 2.45) is 0 Å². The first-order valence-electron chi connectivity index (χ1n) is 7.88. The number of hydrogen-bond acceptors (Lipinski definition) is 4. The standard InChI is InChI=1S/C19H16FN5/c1-14-12-16(7-9-21-14)24-11-3-6-18(23-24)19-8-10-22-25(19)17-5-2-4-15(20)13-17/h2-13,23H,1H3. The second-order valence-corrected chi connectivity index (χ2v) is 5.67. The molecular formula is C19H16FN5. The van der Waals surface area contributed by atoms with Gasteiger partial charge in [-0.2, -0.15) is 5.10 Å². The molecule has 4 rings (SSSR count). The first-order chi connectivity index (χ1) is 12.2. The second kappa shape index (κ2) is 6.24. The molecule has 3 heterocycles. The molecule has 0 bridgehead atoms. The largest absolute Gasteiger partial charge is 0.292 e. The highest BCUT2D eigenvalue weighted by atomic mass is 19.1. The maximum Gasteiger partial charge on any atom is 0.125 e. The first-order valence-corrected chi connectivity index (χ1v) is 7.88. The Labute approximate surface area is 144 Å². The van der Waals surface area contributed by atoms with E-state index in [9.17, 15) is 4.39 Å². The van der Waals surface area contributed by atoms with Crippen LogP contribution in [0.25, 0.3) is 11.4 Å². The summed E-state index contributed by atoms with van der Waals surface area (Å²) >= 11 is 0. The lowest BCUT2D eigenvalue weighted by Gasteiger charge is -2.27. The number of benzene rings is 1. The molecule has 5 nitrogen and oxygen atoms in total. The fourth-order valence-corrected chi connectivity index (χ4v) is 2.72. The smallest absolute Gasteiger partial charge is 0.125 e. The van der Waals surface area contributed by atoms with Crippen LogP contribution in [0.3, 0.4) is 0 Å². The predicted molar refractivity (Wildman–Crippen MR) is 95.2 cm³/mol. The van der Waals surface area contributed by atoms with Gasteiger partial charge in [0.2, 0.25) is 0 Å². The molecule has 124 valence electrons. The third-order valence-corrected chi connectivity index (χ3v) is 3.87. The van der Waals surface area contributed by atoms with Gasteiger partial charge in [-0.25, -0.2) is 9.07 Å². The van der Waals surface area contributed by atoms with Crippen molar-refractivity contribution in [3.8, 4) is 5.69 Å². The molecule has 0 amide bonds. The Morgan fingerprint density at radius 1 is 1.04 bits per heavy atom. The highest BCUT2D eigenvalue weighted by Crippen LogP contribution is 2.22. The third-order valence-electron chi connectivity index (χ3n) is 3.87. The zero-order chi connectivity index (χ0) is 17.2. The molecule has 25 heavy (non-hydrogen) atoms. The van der Waals surface area contributed by atoms with Crippen LogP contribution in [-0.2, 0) is 0 Å². The van der Waals surface area contributed by atoms with Gasteiger partial charge in [0.25, 0.3) is 0 Å². The molecule has 0 aliphatic carbocycles. The van der Waals surface area contributed by atoms with E-state index < -0.39 is 0 Å². The average Bonchev–Trinajstić information content (AvgIpc) is 3.12. The van der Waals surface area contributed by atoms with Gasteiger partial charge >= 0.3 is 0 Å². The number of nitrogens with zero attached hydrogens (tertiary/aromatic N) is 4. The molecule has 0 atom stereocenters. The number of aryl methyl sites for hydroxylation is 1. The fraction of sp³-hybridized carbons (Fsp3) is 0.0526. The lowest BCUT2D eigenvalue weighted by atomic mass is 10.2. The highest BCUT2D eigenvalue weighted by Gasteiger charge is 2.15. The SMILES string of the molecule is Cc1cc(N2C=CC=C(c3ccnn3-c3cccc(F)c3)N2)ccn1. The lowest BCUT2D eigenvalue weighted by Crippen LogP contribution is -2.34. The monoisotopic (exact) mass is 333 g/mol. The summed E-state index contributed by atoms with van der Waals surface area (Å²) in [4.78, 5) is 4.22. The quantitative estimate of drug-likeness (QED) is 0.796. The van der Waals surface area contributed by atoms with Crippen molar-refractivity contribution in [2.75, 3.05) is 5.01 Å². The molecule has 0 saturated carbocycles. The van der Waals surface area contributed by atoms with Crippen LogP contribution in [0.1, 0.15) is 11.4 Å². The molecule has 1 aliphatic rings. The van der Waals surface area contributed by atoms with Crippen LogP contribution in [0.4, 0.5) is 10.1 Å². The van der Waals surface area contributed by atoms with Crippen molar-refractivity contribution >= 4 is 11.4 Å². The molecule has 6 heteroatoms. The number of halogens is 1. The van der Waals surface area contributed by atoms with Crippen molar-refractivity contribution in [1.82, 2.24) is 20.2 Å². The minimum Gasteiger partial charge on any atom is -0.292 e. The van der Waals surface area contributed by atoms with E-state index in [0.717, 1.165) is 22.8 Å². The number of hydrogen-bond donors (Lipinski definition) is 1. The molecule has 0 radical (unpaired) electrons. The Morgan fingerprint density at radius 2 is 1.96 bits per heavy atom. The molecule has 3 aromatic rings. The van der Waals surface area contributed by atoms with Gasteiger partial charge in [0, 0.05) is 18.1 Å². The van der Waals surface area contributed by atoms with Gasteiger partial charge in [-0.1, -0.05) is 6.07 Å². The van der Waals surface area contributed by atoms with Crippen LogP contribution in [0.15, 0.2) is 73.2 Å². The summed E-state index contributed by atoms with van der Waals surface area (Å²) < 4.78 is 15.3. The van der Waals surface area contributed by atoms with Gasteiger partial charge in [0.1, 0.15) is 5.82 Å². The van der Waals surface area contributed by atoms with Crippen molar-refractivity contribution in [2.45, 2.75) is 6.92 Å². The Balaban J connectivity index is 1.66. The maximum absolute atomic E-state index is 13.6. The fourth-order valence-electron chi connectivity index (χ4n) is 2.72. The maximum atomic E-state index is 13.6. The number of anilines is 1. The number of hydrazine groups is 1. The summed E-state index contributed by atoms with van der Waals surface area (Å²) in [5.74, 6) is -0.293. The van der Waals surface area contributed by atoms with E-state index in [0.29, 0.717) is 5.69 Å². The minimum atomic E-state index is -0.293. The molecule has 1 N–H and O–H groups in total. The van der Waals surface area contributed by atoms with E-state index in [1.807, 2.05) is 54.6 Å². The number of allylic oxidation sites excluding steroid dienone is 2.